The molecule has 1 aromatic carbocycles. The highest BCUT2D eigenvalue weighted by atomic mass is 16.7. The van der Waals surface area contributed by atoms with Gasteiger partial charge in [-0.1, -0.05) is 5.16 Å². The molecule has 25 heavy (non-hydrogen) atoms. The second-order valence-corrected chi connectivity index (χ2v) is 5.79. The molecular weight excluding hydrogens is 324 g/mol. The Balaban J connectivity index is 1.51. The van der Waals surface area contributed by atoms with E-state index < -0.39 is 0 Å². The van der Waals surface area contributed by atoms with Gasteiger partial charge < -0.3 is 18.9 Å². The molecule has 0 atom stereocenters. The third kappa shape index (κ3) is 2.93. The van der Waals surface area contributed by atoms with Gasteiger partial charge in [-0.25, -0.2) is 0 Å². The number of hydrogen-bond donors (Lipinski definition) is 0. The van der Waals surface area contributed by atoms with Gasteiger partial charge in [0.1, 0.15) is 0 Å². The number of ether oxygens (including phenoxy) is 2. The van der Waals surface area contributed by atoms with Crippen molar-refractivity contribution in [1.29, 1.82) is 0 Å². The van der Waals surface area contributed by atoms with E-state index in [0.717, 1.165) is 11.3 Å². The van der Waals surface area contributed by atoms with Crippen molar-refractivity contribution in [2.45, 2.75) is 6.54 Å². The Morgan fingerprint density at radius 2 is 2.08 bits per heavy atom. The monoisotopic (exact) mass is 340 g/mol. The fourth-order valence-corrected chi connectivity index (χ4v) is 2.62. The summed E-state index contributed by atoms with van der Waals surface area (Å²) in [6, 6.07) is 8.92. The van der Waals surface area contributed by atoms with Gasteiger partial charge in [-0.05, 0) is 24.3 Å². The van der Waals surface area contributed by atoms with Gasteiger partial charge in [0, 0.05) is 31.9 Å². The quantitative estimate of drug-likeness (QED) is 0.723. The second kappa shape index (κ2) is 5.97. The first-order valence-electron chi connectivity index (χ1n) is 7.71. The minimum absolute atomic E-state index is 0.206. The van der Waals surface area contributed by atoms with Gasteiger partial charge in [0.05, 0.1) is 12.2 Å². The van der Waals surface area contributed by atoms with Gasteiger partial charge >= 0.3 is 0 Å². The number of rotatable bonds is 4. The molecule has 1 amide bonds. The van der Waals surface area contributed by atoms with E-state index in [1.807, 2.05) is 25.4 Å². The van der Waals surface area contributed by atoms with E-state index in [-0.39, 0.29) is 18.4 Å². The maximum absolute atomic E-state index is 12.5. The van der Waals surface area contributed by atoms with Crippen LogP contribution in [0.1, 0.15) is 16.2 Å². The van der Waals surface area contributed by atoms with Gasteiger partial charge in [-0.3, -0.25) is 9.48 Å². The van der Waals surface area contributed by atoms with Gasteiger partial charge in [0.25, 0.3) is 5.91 Å². The highest BCUT2D eigenvalue weighted by Crippen LogP contribution is 2.36. The SMILES string of the molecule is CN(Cc1ccn(C)n1)C(=O)c1cc(-c2ccc3c(c2)OCO3)on1. The lowest BCUT2D eigenvalue weighted by Crippen LogP contribution is -2.26. The van der Waals surface area contributed by atoms with Gasteiger partial charge in [-0.2, -0.15) is 5.10 Å². The van der Waals surface area contributed by atoms with Crippen LogP contribution in [0.15, 0.2) is 41.1 Å². The number of aryl methyl sites for hydroxylation is 1. The van der Waals surface area contributed by atoms with E-state index in [1.165, 1.54) is 0 Å². The predicted molar refractivity (Wildman–Crippen MR) is 87.1 cm³/mol. The number of carbonyl (C=O) groups is 1. The predicted octanol–water partition coefficient (Wildman–Crippen LogP) is 2.08. The Morgan fingerprint density at radius 1 is 1.24 bits per heavy atom. The standard InChI is InChI=1S/C17H16N4O4/c1-20(9-12-5-6-21(2)18-12)17(22)13-8-15(25-19-13)11-3-4-14-16(7-11)24-10-23-14/h3-8H,9-10H2,1-2H3. The van der Waals surface area contributed by atoms with Crippen LogP contribution in [0.2, 0.25) is 0 Å². The smallest absolute Gasteiger partial charge is 0.276 e. The molecular formula is C17H16N4O4. The number of amides is 1. The number of fused-ring (bicyclic) bond motifs is 1. The minimum Gasteiger partial charge on any atom is -0.454 e. The van der Waals surface area contributed by atoms with Crippen LogP contribution in [0.4, 0.5) is 0 Å². The zero-order valence-corrected chi connectivity index (χ0v) is 13.8. The van der Waals surface area contributed by atoms with Gasteiger partial charge in [-0.15, -0.1) is 0 Å². The van der Waals surface area contributed by atoms with E-state index in [4.69, 9.17) is 14.0 Å². The minimum atomic E-state index is -0.235. The van der Waals surface area contributed by atoms with Crippen molar-refractivity contribution in [3.8, 4) is 22.8 Å². The maximum atomic E-state index is 12.5. The topological polar surface area (TPSA) is 82.6 Å². The summed E-state index contributed by atoms with van der Waals surface area (Å²) in [6.45, 7) is 0.600. The summed E-state index contributed by atoms with van der Waals surface area (Å²) in [4.78, 5) is 14.1. The Labute approximate surface area is 143 Å². The van der Waals surface area contributed by atoms with E-state index in [0.29, 0.717) is 23.8 Å². The molecule has 4 rings (SSSR count). The molecule has 8 nitrogen and oxygen atoms in total. The highest BCUT2D eigenvalue weighted by molar-refractivity contribution is 5.93. The van der Waals surface area contributed by atoms with E-state index in [9.17, 15) is 4.79 Å². The highest BCUT2D eigenvalue weighted by Gasteiger charge is 2.20. The molecule has 3 heterocycles. The summed E-state index contributed by atoms with van der Waals surface area (Å²) in [5.41, 5.74) is 1.81. The van der Waals surface area contributed by atoms with Crippen molar-refractivity contribution in [2.75, 3.05) is 13.8 Å². The van der Waals surface area contributed by atoms with Crippen LogP contribution in [0.25, 0.3) is 11.3 Å². The zero-order chi connectivity index (χ0) is 17.4. The number of benzene rings is 1. The summed E-state index contributed by atoms with van der Waals surface area (Å²) >= 11 is 0. The second-order valence-electron chi connectivity index (χ2n) is 5.79. The molecule has 128 valence electrons. The number of nitrogens with zero attached hydrogens (tertiary/aromatic N) is 4. The Bertz CT molecular complexity index is 930. The van der Waals surface area contributed by atoms with Gasteiger partial charge in [0.2, 0.25) is 6.79 Å². The molecule has 0 bridgehead atoms. The lowest BCUT2D eigenvalue weighted by Gasteiger charge is -2.13. The van der Waals surface area contributed by atoms with E-state index in [1.54, 1.807) is 34.8 Å². The third-order valence-corrected chi connectivity index (χ3v) is 3.90. The molecule has 0 unspecified atom stereocenters. The largest absolute Gasteiger partial charge is 0.454 e. The molecule has 0 saturated heterocycles. The maximum Gasteiger partial charge on any atom is 0.276 e. The van der Waals surface area contributed by atoms with Gasteiger partial charge in [0.15, 0.2) is 23.0 Å². The van der Waals surface area contributed by atoms with Crippen LogP contribution in [-0.2, 0) is 13.6 Å². The van der Waals surface area contributed by atoms with E-state index >= 15 is 0 Å². The Kier molecular flexibility index (Phi) is 3.64. The van der Waals surface area contributed by atoms with Crippen LogP contribution in [0.5, 0.6) is 11.5 Å². The molecule has 0 spiro atoms. The first-order chi connectivity index (χ1) is 12.1. The molecule has 3 aromatic rings. The molecule has 0 fully saturated rings. The average molecular weight is 340 g/mol. The number of hydrogen-bond acceptors (Lipinski definition) is 6. The summed E-state index contributed by atoms with van der Waals surface area (Å²) in [5, 5.41) is 8.16. The molecule has 0 aliphatic carbocycles. The molecule has 8 heteroatoms. The zero-order valence-electron chi connectivity index (χ0n) is 13.8. The number of aromatic nitrogens is 3. The van der Waals surface area contributed by atoms with Crippen LogP contribution >= 0.6 is 0 Å². The summed E-state index contributed by atoms with van der Waals surface area (Å²) < 4.78 is 17.7. The van der Waals surface area contributed by atoms with Crippen molar-refractivity contribution in [2.24, 2.45) is 7.05 Å². The van der Waals surface area contributed by atoms with Crippen LogP contribution < -0.4 is 9.47 Å². The molecule has 2 aromatic heterocycles. The van der Waals surface area contributed by atoms with Crippen molar-refractivity contribution >= 4 is 5.91 Å². The average Bonchev–Trinajstić information content (AvgIpc) is 3.33. The third-order valence-electron chi connectivity index (χ3n) is 3.90. The summed E-state index contributed by atoms with van der Waals surface area (Å²) in [7, 11) is 3.53. The fraction of sp³-hybridized carbons (Fsp3) is 0.235. The Morgan fingerprint density at radius 3 is 2.88 bits per heavy atom. The summed E-state index contributed by atoms with van der Waals surface area (Å²) in [6.07, 6.45) is 1.83. The lowest BCUT2D eigenvalue weighted by atomic mass is 10.1. The molecule has 0 N–H and O–H groups in total. The molecule has 0 saturated carbocycles. The van der Waals surface area contributed by atoms with Crippen LogP contribution in [0, 0.1) is 0 Å². The van der Waals surface area contributed by atoms with Crippen molar-refractivity contribution in [3.05, 3.63) is 47.9 Å². The molecule has 0 radical (unpaired) electrons. The Hall–Kier alpha value is -3.29. The molecule has 1 aliphatic rings. The first kappa shape index (κ1) is 15.3. The van der Waals surface area contributed by atoms with Crippen molar-refractivity contribution < 1.29 is 18.8 Å². The molecule has 1 aliphatic heterocycles. The fourth-order valence-electron chi connectivity index (χ4n) is 2.62. The summed E-state index contributed by atoms with van der Waals surface area (Å²) in [5.74, 6) is 1.60. The first-order valence-corrected chi connectivity index (χ1v) is 7.71. The lowest BCUT2D eigenvalue weighted by molar-refractivity contribution is 0.0773. The van der Waals surface area contributed by atoms with Crippen LogP contribution in [0.3, 0.4) is 0 Å². The normalized spacial score (nSPS) is 12.4. The van der Waals surface area contributed by atoms with E-state index in [2.05, 4.69) is 10.3 Å². The number of carbonyl (C=O) groups excluding carboxylic acids is 1. The van der Waals surface area contributed by atoms with Crippen molar-refractivity contribution in [3.63, 3.8) is 0 Å². The van der Waals surface area contributed by atoms with Crippen LogP contribution in [-0.4, -0.2) is 39.6 Å². The van der Waals surface area contributed by atoms with Crippen molar-refractivity contribution in [1.82, 2.24) is 19.8 Å².